The second-order valence-electron chi connectivity index (χ2n) is 6.70. The fourth-order valence-electron chi connectivity index (χ4n) is 3.48. The van der Waals surface area contributed by atoms with E-state index in [1.165, 1.54) is 0 Å². The molecule has 6 heteroatoms. The van der Waals surface area contributed by atoms with Crippen LogP contribution in [0.4, 0.5) is 0 Å². The zero-order valence-corrected chi connectivity index (χ0v) is 15.2. The number of para-hydroxylation sites is 1. The van der Waals surface area contributed by atoms with Crippen LogP contribution in [0.25, 0.3) is 10.9 Å². The molecule has 2 aromatic heterocycles. The summed E-state index contributed by atoms with van der Waals surface area (Å²) in [6.07, 6.45) is 3.68. The van der Waals surface area contributed by atoms with Crippen LogP contribution in [0, 0.1) is 0 Å². The number of benzene rings is 1. The number of piperidine rings is 1. The maximum Gasteiger partial charge on any atom is 0.269 e. The van der Waals surface area contributed by atoms with E-state index in [0.29, 0.717) is 10.7 Å². The van der Waals surface area contributed by atoms with E-state index in [2.05, 4.69) is 20.2 Å². The summed E-state index contributed by atoms with van der Waals surface area (Å²) in [6.45, 7) is 2.75. The Balaban J connectivity index is 1.35. The number of hydrogen-bond donors (Lipinski definition) is 2. The normalized spacial score (nSPS) is 16.0. The molecule has 1 aromatic carbocycles. The Morgan fingerprint density at radius 1 is 1.19 bits per heavy atom. The van der Waals surface area contributed by atoms with Crippen LogP contribution in [0.15, 0.2) is 48.7 Å². The van der Waals surface area contributed by atoms with Gasteiger partial charge in [-0.3, -0.25) is 14.7 Å². The van der Waals surface area contributed by atoms with Gasteiger partial charge in [0.1, 0.15) is 5.69 Å². The third kappa shape index (κ3) is 3.59. The van der Waals surface area contributed by atoms with Gasteiger partial charge in [-0.25, -0.2) is 0 Å². The molecule has 0 atom stereocenters. The predicted octanol–water partition coefficient (Wildman–Crippen LogP) is 3.61. The van der Waals surface area contributed by atoms with E-state index in [9.17, 15) is 4.79 Å². The summed E-state index contributed by atoms with van der Waals surface area (Å²) < 4.78 is 0. The maximum atomic E-state index is 12.6. The molecule has 3 heterocycles. The minimum Gasteiger partial charge on any atom is -0.349 e. The van der Waals surface area contributed by atoms with Crippen LogP contribution in [0.2, 0.25) is 5.02 Å². The first-order valence-electron chi connectivity index (χ1n) is 8.90. The maximum absolute atomic E-state index is 12.6. The number of rotatable bonds is 4. The van der Waals surface area contributed by atoms with Gasteiger partial charge in [0.05, 0.1) is 10.7 Å². The van der Waals surface area contributed by atoms with Crippen LogP contribution in [0.1, 0.15) is 29.0 Å². The van der Waals surface area contributed by atoms with Crippen LogP contribution in [0.5, 0.6) is 0 Å². The quantitative estimate of drug-likeness (QED) is 0.739. The molecule has 5 nitrogen and oxygen atoms in total. The van der Waals surface area contributed by atoms with Crippen molar-refractivity contribution in [2.45, 2.75) is 25.4 Å². The molecule has 1 aliphatic rings. The van der Waals surface area contributed by atoms with Gasteiger partial charge in [0.25, 0.3) is 5.91 Å². The van der Waals surface area contributed by atoms with Gasteiger partial charge in [-0.05, 0) is 31.0 Å². The molecule has 26 heavy (non-hydrogen) atoms. The first-order chi connectivity index (χ1) is 12.7. The second-order valence-corrected chi connectivity index (χ2v) is 7.08. The Bertz CT molecular complexity index is 901. The van der Waals surface area contributed by atoms with Crippen molar-refractivity contribution in [2.75, 3.05) is 13.1 Å². The highest BCUT2D eigenvalue weighted by atomic mass is 35.5. The predicted molar refractivity (Wildman–Crippen MR) is 103 cm³/mol. The molecule has 0 spiro atoms. The zero-order valence-electron chi connectivity index (χ0n) is 14.4. The van der Waals surface area contributed by atoms with Gasteiger partial charge in [-0.15, -0.1) is 0 Å². The highest BCUT2D eigenvalue weighted by Gasteiger charge is 2.23. The Labute approximate surface area is 157 Å². The van der Waals surface area contributed by atoms with E-state index in [1.807, 2.05) is 48.7 Å². The molecule has 134 valence electrons. The minimum absolute atomic E-state index is 0.130. The van der Waals surface area contributed by atoms with Crippen molar-refractivity contribution >= 4 is 28.4 Å². The highest BCUT2D eigenvalue weighted by molar-refractivity contribution is 6.38. The highest BCUT2D eigenvalue weighted by Crippen LogP contribution is 2.27. The number of halogens is 1. The Kier molecular flexibility index (Phi) is 4.91. The molecule has 1 saturated heterocycles. The number of amides is 1. The number of H-pyrrole nitrogens is 1. The Hall–Kier alpha value is -2.37. The van der Waals surface area contributed by atoms with E-state index in [4.69, 9.17) is 11.6 Å². The smallest absolute Gasteiger partial charge is 0.269 e. The number of pyridine rings is 1. The molecule has 2 N–H and O–H groups in total. The van der Waals surface area contributed by atoms with Gasteiger partial charge in [-0.2, -0.15) is 0 Å². The Morgan fingerprint density at radius 3 is 2.69 bits per heavy atom. The standard InChI is InChI=1S/C20H21ClN4O/c21-18-16-6-1-2-7-17(16)24-19(18)20(26)23-14-8-11-25(12-9-14)13-15-5-3-4-10-22-15/h1-7,10,14,24H,8-9,11-13H2,(H,23,26). The fourth-order valence-corrected chi connectivity index (χ4v) is 3.78. The van der Waals surface area contributed by atoms with Crippen molar-refractivity contribution < 1.29 is 4.79 Å². The van der Waals surface area contributed by atoms with E-state index < -0.39 is 0 Å². The number of hydrogen-bond acceptors (Lipinski definition) is 3. The van der Waals surface area contributed by atoms with Gasteiger partial charge in [0.15, 0.2) is 0 Å². The Morgan fingerprint density at radius 2 is 1.96 bits per heavy atom. The molecular formula is C20H21ClN4O. The van der Waals surface area contributed by atoms with Gasteiger partial charge in [0, 0.05) is 42.8 Å². The van der Waals surface area contributed by atoms with Gasteiger partial charge in [0.2, 0.25) is 0 Å². The lowest BCUT2D eigenvalue weighted by molar-refractivity contribution is 0.0904. The van der Waals surface area contributed by atoms with Crippen molar-refractivity contribution in [1.82, 2.24) is 20.2 Å². The summed E-state index contributed by atoms with van der Waals surface area (Å²) in [5.41, 5.74) is 2.41. The van der Waals surface area contributed by atoms with Gasteiger partial charge < -0.3 is 10.3 Å². The van der Waals surface area contributed by atoms with Crippen molar-refractivity contribution in [3.05, 3.63) is 65.1 Å². The third-order valence-electron chi connectivity index (χ3n) is 4.90. The molecular weight excluding hydrogens is 348 g/mol. The van der Waals surface area contributed by atoms with E-state index >= 15 is 0 Å². The van der Waals surface area contributed by atoms with E-state index in [-0.39, 0.29) is 11.9 Å². The van der Waals surface area contributed by atoms with Crippen LogP contribution in [-0.2, 0) is 6.54 Å². The molecule has 4 rings (SSSR count). The van der Waals surface area contributed by atoms with Crippen molar-refractivity contribution in [3.8, 4) is 0 Å². The zero-order chi connectivity index (χ0) is 17.9. The largest absolute Gasteiger partial charge is 0.349 e. The van der Waals surface area contributed by atoms with Crippen LogP contribution in [0.3, 0.4) is 0 Å². The summed E-state index contributed by atoms with van der Waals surface area (Å²) in [4.78, 5) is 22.5. The van der Waals surface area contributed by atoms with Gasteiger partial charge in [-0.1, -0.05) is 35.9 Å². The molecule has 1 aliphatic heterocycles. The number of fused-ring (bicyclic) bond motifs is 1. The van der Waals surface area contributed by atoms with Crippen molar-refractivity contribution in [3.63, 3.8) is 0 Å². The van der Waals surface area contributed by atoms with Crippen LogP contribution in [-0.4, -0.2) is 39.9 Å². The summed E-state index contributed by atoms with van der Waals surface area (Å²) in [5, 5.41) is 4.49. The summed E-state index contributed by atoms with van der Waals surface area (Å²) >= 11 is 6.38. The molecule has 0 radical (unpaired) electrons. The number of likely N-dealkylation sites (tertiary alicyclic amines) is 1. The lowest BCUT2D eigenvalue weighted by Crippen LogP contribution is -2.44. The average molecular weight is 369 g/mol. The fraction of sp³-hybridized carbons (Fsp3) is 0.300. The summed E-state index contributed by atoms with van der Waals surface area (Å²) in [6, 6.07) is 13.8. The van der Waals surface area contributed by atoms with Crippen LogP contribution >= 0.6 is 11.6 Å². The lowest BCUT2D eigenvalue weighted by Gasteiger charge is -2.32. The SMILES string of the molecule is O=C(NC1CCN(Cc2ccccn2)CC1)c1[nH]c2ccccc2c1Cl. The summed E-state index contributed by atoms with van der Waals surface area (Å²) in [7, 11) is 0. The van der Waals surface area contributed by atoms with Crippen molar-refractivity contribution in [1.29, 1.82) is 0 Å². The minimum atomic E-state index is -0.130. The van der Waals surface area contributed by atoms with Gasteiger partial charge >= 0.3 is 0 Å². The molecule has 0 aliphatic carbocycles. The number of carbonyl (C=O) groups is 1. The third-order valence-corrected chi connectivity index (χ3v) is 5.30. The number of carbonyl (C=O) groups excluding carboxylic acids is 1. The first-order valence-corrected chi connectivity index (χ1v) is 9.28. The average Bonchev–Trinajstić information content (AvgIpc) is 3.01. The number of nitrogens with zero attached hydrogens (tertiary/aromatic N) is 2. The lowest BCUT2D eigenvalue weighted by atomic mass is 10.0. The number of nitrogens with one attached hydrogen (secondary N) is 2. The topological polar surface area (TPSA) is 61.0 Å². The number of aromatic nitrogens is 2. The molecule has 0 bridgehead atoms. The first kappa shape index (κ1) is 17.1. The monoisotopic (exact) mass is 368 g/mol. The van der Waals surface area contributed by atoms with Crippen LogP contribution < -0.4 is 5.32 Å². The van der Waals surface area contributed by atoms with E-state index in [1.54, 1.807) is 0 Å². The molecule has 3 aromatic rings. The molecule has 1 amide bonds. The van der Waals surface area contributed by atoms with E-state index in [0.717, 1.165) is 49.1 Å². The molecule has 0 unspecified atom stereocenters. The van der Waals surface area contributed by atoms with Crippen molar-refractivity contribution in [2.24, 2.45) is 0 Å². The number of aromatic amines is 1. The molecule has 1 fully saturated rings. The molecule has 0 saturated carbocycles. The second kappa shape index (κ2) is 7.48. The summed E-state index contributed by atoms with van der Waals surface area (Å²) in [5.74, 6) is -0.130.